The van der Waals surface area contributed by atoms with Crippen molar-refractivity contribution < 1.29 is 17.9 Å². The minimum absolute atomic E-state index is 0.109. The molecule has 156 valence electrons. The number of likely N-dealkylation sites (N-methyl/N-ethyl adjacent to an activating group) is 1. The van der Waals surface area contributed by atoms with Crippen molar-refractivity contribution in [2.24, 2.45) is 0 Å². The van der Waals surface area contributed by atoms with Crippen LogP contribution in [0.4, 0.5) is 0 Å². The second-order valence-electron chi connectivity index (χ2n) is 7.64. The predicted octanol–water partition coefficient (Wildman–Crippen LogP) is 1.13. The molecule has 5 atom stereocenters. The zero-order chi connectivity index (χ0) is 19.9. The average molecular weight is 428 g/mol. The van der Waals surface area contributed by atoms with Crippen molar-refractivity contribution in [3.8, 4) is 0 Å². The summed E-state index contributed by atoms with van der Waals surface area (Å²) in [5, 5.41) is 0.236. The molecule has 0 bridgehead atoms. The molecular weight excluding hydrogens is 398 g/mol. The van der Waals surface area contributed by atoms with E-state index in [-0.39, 0.29) is 28.9 Å². The molecule has 28 heavy (non-hydrogen) atoms. The van der Waals surface area contributed by atoms with Crippen molar-refractivity contribution in [1.29, 1.82) is 0 Å². The number of thioether (sulfide) groups is 1. The lowest BCUT2D eigenvalue weighted by atomic mass is 9.97. The fourth-order valence-electron chi connectivity index (χ4n) is 4.56. The van der Waals surface area contributed by atoms with Crippen molar-refractivity contribution in [3.05, 3.63) is 30.3 Å². The number of rotatable bonds is 4. The molecule has 0 saturated carbocycles. The van der Waals surface area contributed by atoms with E-state index in [1.54, 1.807) is 35.7 Å². The van der Waals surface area contributed by atoms with Crippen LogP contribution < -0.4 is 0 Å². The summed E-state index contributed by atoms with van der Waals surface area (Å²) in [4.78, 5) is 5.10. The highest BCUT2D eigenvalue weighted by Crippen LogP contribution is 2.44. The van der Waals surface area contributed by atoms with Gasteiger partial charge in [-0.3, -0.25) is 9.80 Å². The smallest absolute Gasteiger partial charge is 0.243 e. The molecule has 3 saturated heterocycles. The largest absolute Gasteiger partial charge is 0.379 e. The number of methoxy groups -OCH3 is 1. The Kier molecular flexibility index (Phi) is 6.04. The van der Waals surface area contributed by atoms with Crippen molar-refractivity contribution >= 4 is 21.8 Å². The van der Waals surface area contributed by atoms with Gasteiger partial charge in [0.2, 0.25) is 10.0 Å². The zero-order valence-corrected chi connectivity index (χ0v) is 18.2. The molecule has 0 radical (unpaired) electrons. The topological polar surface area (TPSA) is 62.3 Å². The number of hydrogen-bond acceptors (Lipinski definition) is 7. The molecule has 3 fully saturated rings. The van der Waals surface area contributed by atoms with Gasteiger partial charge >= 0.3 is 0 Å². The summed E-state index contributed by atoms with van der Waals surface area (Å²) < 4.78 is 39.7. The van der Waals surface area contributed by atoms with Gasteiger partial charge in [0, 0.05) is 38.8 Å². The predicted molar refractivity (Wildman–Crippen MR) is 110 cm³/mol. The van der Waals surface area contributed by atoms with Crippen LogP contribution in [0.2, 0.25) is 0 Å². The highest BCUT2D eigenvalue weighted by molar-refractivity contribution is 8.00. The highest BCUT2D eigenvalue weighted by Gasteiger charge is 2.54. The van der Waals surface area contributed by atoms with Crippen LogP contribution in [-0.4, -0.2) is 98.5 Å². The van der Waals surface area contributed by atoms with E-state index in [4.69, 9.17) is 9.47 Å². The van der Waals surface area contributed by atoms with E-state index in [1.807, 2.05) is 24.8 Å². The Bertz CT molecular complexity index is 773. The van der Waals surface area contributed by atoms with Crippen molar-refractivity contribution in [2.75, 3.05) is 47.0 Å². The number of nitrogens with zero attached hydrogens (tertiary/aromatic N) is 3. The fourth-order valence-corrected chi connectivity index (χ4v) is 8.20. The van der Waals surface area contributed by atoms with Gasteiger partial charge in [-0.15, -0.1) is 11.8 Å². The third-order valence-corrected chi connectivity index (χ3v) is 9.87. The van der Waals surface area contributed by atoms with E-state index in [0.717, 1.165) is 26.3 Å². The standard InChI is InChI=1S/C19H29N3O4S2/c1-14-17(25-3)18-16(20(2)19(27-18)21-9-11-26-12-10-21)13-22(14)28(23,24)15-7-5-4-6-8-15/h4-8,14,16-19H,9-13H2,1-3H3/t14-,16-,17+,18-,19?/m0/s1. The second-order valence-corrected chi connectivity index (χ2v) is 10.8. The van der Waals surface area contributed by atoms with E-state index in [2.05, 4.69) is 16.8 Å². The number of piperidine rings is 1. The summed E-state index contributed by atoms with van der Waals surface area (Å²) >= 11 is 1.90. The molecule has 1 aromatic rings. The van der Waals surface area contributed by atoms with Crippen LogP contribution >= 0.6 is 11.8 Å². The molecule has 0 aliphatic carbocycles. The number of fused-ring (bicyclic) bond motifs is 1. The van der Waals surface area contributed by atoms with Crippen molar-refractivity contribution in [1.82, 2.24) is 14.1 Å². The molecule has 4 rings (SSSR count). The molecule has 3 heterocycles. The Morgan fingerprint density at radius 3 is 2.50 bits per heavy atom. The van der Waals surface area contributed by atoms with E-state index in [9.17, 15) is 8.42 Å². The Morgan fingerprint density at radius 1 is 1.18 bits per heavy atom. The van der Waals surface area contributed by atoms with Crippen molar-refractivity contribution in [2.45, 2.75) is 40.8 Å². The summed E-state index contributed by atoms with van der Waals surface area (Å²) in [7, 11) is 0.224. The maximum atomic E-state index is 13.4. The van der Waals surface area contributed by atoms with Gasteiger partial charge in [0.05, 0.1) is 29.5 Å². The molecule has 0 aromatic heterocycles. The van der Waals surface area contributed by atoms with Gasteiger partial charge in [0.15, 0.2) is 0 Å². The van der Waals surface area contributed by atoms with Gasteiger partial charge in [0.1, 0.15) is 5.50 Å². The van der Waals surface area contributed by atoms with E-state index >= 15 is 0 Å². The Morgan fingerprint density at radius 2 is 1.86 bits per heavy atom. The van der Waals surface area contributed by atoms with Gasteiger partial charge in [0.25, 0.3) is 0 Å². The minimum atomic E-state index is -3.57. The first kappa shape index (κ1) is 20.6. The molecule has 3 aliphatic heterocycles. The lowest BCUT2D eigenvalue weighted by Crippen LogP contribution is -2.62. The van der Waals surface area contributed by atoms with Crippen LogP contribution in [0.1, 0.15) is 6.92 Å². The average Bonchev–Trinajstić information content (AvgIpc) is 3.05. The normalized spacial score (nSPS) is 35.8. The van der Waals surface area contributed by atoms with E-state index < -0.39 is 10.0 Å². The zero-order valence-electron chi connectivity index (χ0n) is 16.6. The quantitative estimate of drug-likeness (QED) is 0.714. The summed E-state index contributed by atoms with van der Waals surface area (Å²) in [6.07, 6.45) is -0.157. The first-order chi connectivity index (χ1) is 13.4. The lowest BCUT2D eigenvalue weighted by molar-refractivity contribution is -0.0266. The number of sulfonamides is 1. The maximum Gasteiger partial charge on any atom is 0.243 e. The summed E-state index contributed by atoms with van der Waals surface area (Å²) in [5.41, 5.74) is 0.225. The number of morpholine rings is 1. The second kappa shape index (κ2) is 8.22. The third-order valence-electron chi connectivity index (χ3n) is 6.13. The number of benzene rings is 1. The van der Waals surface area contributed by atoms with Gasteiger partial charge in [-0.05, 0) is 26.1 Å². The summed E-state index contributed by atoms with van der Waals surface area (Å²) in [6.45, 7) is 5.75. The number of ether oxygens (including phenoxy) is 2. The molecule has 0 spiro atoms. The van der Waals surface area contributed by atoms with E-state index in [0.29, 0.717) is 11.4 Å². The Balaban J connectivity index is 1.62. The molecule has 1 aromatic carbocycles. The van der Waals surface area contributed by atoms with Gasteiger partial charge in [-0.2, -0.15) is 4.31 Å². The van der Waals surface area contributed by atoms with Crippen LogP contribution in [0.3, 0.4) is 0 Å². The maximum absolute atomic E-state index is 13.4. The Labute approximate surface area is 172 Å². The SMILES string of the molecule is CO[C@H]1[C@H]2SC(N3CCOCC3)N(C)[C@H]2CN(S(=O)(=O)c2ccccc2)[C@H]1C. The van der Waals surface area contributed by atoms with Crippen LogP contribution in [-0.2, 0) is 19.5 Å². The monoisotopic (exact) mass is 427 g/mol. The third kappa shape index (κ3) is 3.51. The van der Waals surface area contributed by atoms with Crippen LogP contribution in [0.15, 0.2) is 35.2 Å². The molecule has 7 nitrogen and oxygen atoms in total. The minimum Gasteiger partial charge on any atom is -0.379 e. The molecular formula is C19H29N3O4S2. The fraction of sp³-hybridized carbons (Fsp3) is 0.684. The Hall–Kier alpha value is -0.680. The van der Waals surface area contributed by atoms with Crippen LogP contribution in [0, 0.1) is 0 Å². The summed E-state index contributed by atoms with van der Waals surface area (Å²) in [5.74, 6) is 0. The summed E-state index contributed by atoms with van der Waals surface area (Å²) in [6, 6.07) is 8.59. The highest BCUT2D eigenvalue weighted by atomic mass is 32.2. The van der Waals surface area contributed by atoms with Gasteiger partial charge in [-0.25, -0.2) is 8.42 Å². The van der Waals surface area contributed by atoms with Gasteiger partial charge < -0.3 is 9.47 Å². The van der Waals surface area contributed by atoms with E-state index in [1.165, 1.54) is 0 Å². The first-order valence-electron chi connectivity index (χ1n) is 9.74. The molecule has 0 amide bonds. The molecule has 9 heteroatoms. The molecule has 1 unspecified atom stereocenters. The number of hydrogen-bond donors (Lipinski definition) is 0. The lowest BCUT2D eigenvalue weighted by Gasteiger charge is -2.45. The van der Waals surface area contributed by atoms with Crippen LogP contribution in [0.5, 0.6) is 0 Å². The van der Waals surface area contributed by atoms with Gasteiger partial charge in [-0.1, -0.05) is 18.2 Å². The van der Waals surface area contributed by atoms with Crippen LogP contribution in [0.25, 0.3) is 0 Å². The van der Waals surface area contributed by atoms with Crippen molar-refractivity contribution in [3.63, 3.8) is 0 Å². The first-order valence-corrected chi connectivity index (χ1v) is 12.1. The molecule has 0 N–H and O–H groups in total. The molecule has 3 aliphatic rings.